The first-order chi connectivity index (χ1) is 7.31. The van der Waals surface area contributed by atoms with Gasteiger partial charge in [0.25, 0.3) is 0 Å². The van der Waals surface area contributed by atoms with Crippen LogP contribution in [0.3, 0.4) is 0 Å². The first-order valence-corrected chi connectivity index (χ1v) is 5.66. The average molecular weight is 205 g/mol. The predicted molar refractivity (Wildman–Crippen MR) is 60.9 cm³/mol. The van der Waals surface area contributed by atoms with Crippen LogP contribution in [0.1, 0.15) is 25.3 Å². The van der Waals surface area contributed by atoms with E-state index in [1.54, 1.807) is 0 Å². The minimum atomic E-state index is 0.389. The molecular formula is C12H19N3. The van der Waals surface area contributed by atoms with E-state index in [0.29, 0.717) is 12.0 Å². The lowest BCUT2D eigenvalue weighted by atomic mass is 9.92. The second-order valence-corrected chi connectivity index (χ2v) is 4.53. The van der Waals surface area contributed by atoms with E-state index >= 15 is 0 Å². The van der Waals surface area contributed by atoms with Crippen LogP contribution in [0.2, 0.25) is 0 Å². The maximum absolute atomic E-state index is 5.62. The van der Waals surface area contributed by atoms with Gasteiger partial charge >= 0.3 is 0 Å². The fraction of sp³-hybridized carbons (Fsp3) is 0.583. The predicted octanol–water partition coefficient (Wildman–Crippen LogP) is 1.50. The van der Waals surface area contributed by atoms with Gasteiger partial charge in [-0.05, 0) is 48.8 Å². The first-order valence-electron chi connectivity index (χ1n) is 5.66. The molecule has 1 saturated carbocycles. The standard InChI is InChI=1S/C12H19N3/c1-9(11-2-3-11)12(15-13)8-10-4-6-14-7-5-10/h4-7,9,11-12,15H,2-3,8,13H2,1H3. The third kappa shape index (κ3) is 2.76. The fourth-order valence-corrected chi connectivity index (χ4v) is 2.12. The van der Waals surface area contributed by atoms with Gasteiger partial charge < -0.3 is 0 Å². The van der Waals surface area contributed by atoms with E-state index in [-0.39, 0.29) is 0 Å². The number of nitrogens with two attached hydrogens (primary N) is 1. The molecule has 0 aliphatic heterocycles. The Balaban J connectivity index is 1.95. The SMILES string of the molecule is CC(C1CC1)C(Cc1ccncc1)NN. The van der Waals surface area contributed by atoms with Crippen LogP contribution in [-0.4, -0.2) is 11.0 Å². The summed E-state index contributed by atoms with van der Waals surface area (Å²) < 4.78 is 0. The molecule has 0 aromatic carbocycles. The van der Waals surface area contributed by atoms with E-state index < -0.39 is 0 Å². The number of rotatable bonds is 5. The molecule has 3 heteroatoms. The van der Waals surface area contributed by atoms with Gasteiger partial charge in [0.1, 0.15) is 0 Å². The zero-order valence-electron chi connectivity index (χ0n) is 9.19. The Morgan fingerprint density at radius 3 is 2.67 bits per heavy atom. The van der Waals surface area contributed by atoms with Crippen LogP contribution >= 0.6 is 0 Å². The van der Waals surface area contributed by atoms with Gasteiger partial charge in [-0.3, -0.25) is 16.3 Å². The monoisotopic (exact) mass is 205 g/mol. The molecule has 2 atom stereocenters. The van der Waals surface area contributed by atoms with Crippen molar-refractivity contribution in [2.75, 3.05) is 0 Å². The lowest BCUT2D eigenvalue weighted by Gasteiger charge is -2.23. The van der Waals surface area contributed by atoms with Gasteiger partial charge in [0, 0.05) is 18.4 Å². The summed E-state index contributed by atoms with van der Waals surface area (Å²) in [6.45, 7) is 2.30. The molecule has 2 unspecified atom stereocenters. The van der Waals surface area contributed by atoms with E-state index in [9.17, 15) is 0 Å². The number of pyridine rings is 1. The van der Waals surface area contributed by atoms with Crippen LogP contribution in [-0.2, 0) is 6.42 Å². The molecule has 3 N–H and O–H groups in total. The summed E-state index contributed by atoms with van der Waals surface area (Å²) in [5.41, 5.74) is 4.26. The van der Waals surface area contributed by atoms with Crippen LogP contribution in [0.5, 0.6) is 0 Å². The maximum Gasteiger partial charge on any atom is 0.0279 e. The first kappa shape index (κ1) is 10.6. The van der Waals surface area contributed by atoms with Crippen molar-refractivity contribution in [1.29, 1.82) is 0 Å². The van der Waals surface area contributed by atoms with Gasteiger partial charge in [0.05, 0.1) is 0 Å². The number of nitrogens with zero attached hydrogens (tertiary/aromatic N) is 1. The number of hydrogen-bond acceptors (Lipinski definition) is 3. The topological polar surface area (TPSA) is 50.9 Å². The summed E-state index contributed by atoms with van der Waals surface area (Å²) in [6, 6.07) is 4.51. The third-order valence-corrected chi connectivity index (χ3v) is 3.42. The highest BCUT2D eigenvalue weighted by Gasteiger charge is 2.32. The van der Waals surface area contributed by atoms with E-state index in [2.05, 4.69) is 29.5 Å². The number of nitrogens with one attached hydrogen (secondary N) is 1. The third-order valence-electron chi connectivity index (χ3n) is 3.42. The Morgan fingerprint density at radius 2 is 2.13 bits per heavy atom. The maximum atomic E-state index is 5.62. The smallest absolute Gasteiger partial charge is 0.0279 e. The van der Waals surface area contributed by atoms with Gasteiger partial charge in [-0.15, -0.1) is 0 Å². The molecule has 1 fully saturated rings. The molecule has 15 heavy (non-hydrogen) atoms. The molecule has 1 heterocycles. The summed E-state index contributed by atoms with van der Waals surface area (Å²) in [5.74, 6) is 7.17. The van der Waals surface area contributed by atoms with E-state index in [1.807, 2.05) is 12.4 Å². The largest absolute Gasteiger partial charge is 0.271 e. The van der Waals surface area contributed by atoms with Crippen molar-refractivity contribution >= 4 is 0 Å². The highest BCUT2D eigenvalue weighted by Crippen LogP contribution is 2.38. The normalized spacial score (nSPS) is 19.9. The Morgan fingerprint density at radius 1 is 1.47 bits per heavy atom. The Bertz CT molecular complexity index is 295. The zero-order chi connectivity index (χ0) is 10.7. The minimum Gasteiger partial charge on any atom is -0.271 e. The number of hydrogen-bond donors (Lipinski definition) is 2. The molecule has 0 bridgehead atoms. The average Bonchev–Trinajstić information content (AvgIpc) is 3.10. The summed E-state index contributed by atoms with van der Waals surface area (Å²) in [6.07, 6.45) is 7.41. The van der Waals surface area contributed by atoms with Crippen molar-refractivity contribution in [3.8, 4) is 0 Å². The Hall–Kier alpha value is -0.930. The van der Waals surface area contributed by atoms with Crippen LogP contribution in [0.25, 0.3) is 0 Å². The van der Waals surface area contributed by atoms with Crippen LogP contribution in [0.4, 0.5) is 0 Å². The van der Waals surface area contributed by atoms with Crippen molar-refractivity contribution in [1.82, 2.24) is 10.4 Å². The summed E-state index contributed by atoms with van der Waals surface area (Å²) in [4.78, 5) is 4.02. The summed E-state index contributed by atoms with van der Waals surface area (Å²) in [7, 11) is 0. The summed E-state index contributed by atoms with van der Waals surface area (Å²) in [5, 5.41) is 0. The molecule has 1 aliphatic carbocycles. The Labute approximate surface area is 91.1 Å². The van der Waals surface area contributed by atoms with E-state index in [1.165, 1.54) is 18.4 Å². The minimum absolute atomic E-state index is 0.389. The molecule has 1 aromatic rings. The molecule has 0 spiro atoms. The zero-order valence-corrected chi connectivity index (χ0v) is 9.19. The fourth-order valence-electron chi connectivity index (χ4n) is 2.12. The molecule has 82 valence electrons. The van der Waals surface area contributed by atoms with Gasteiger partial charge in [0.15, 0.2) is 0 Å². The van der Waals surface area contributed by atoms with Crippen molar-refractivity contribution in [3.63, 3.8) is 0 Å². The molecule has 0 amide bonds. The lowest BCUT2D eigenvalue weighted by molar-refractivity contribution is 0.343. The number of aromatic nitrogens is 1. The number of hydrazine groups is 1. The van der Waals surface area contributed by atoms with E-state index in [0.717, 1.165) is 12.3 Å². The quantitative estimate of drug-likeness (QED) is 0.566. The van der Waals surface area contributed by atoms with Crippen molar-refractivity contribution in [2.45, 2.75) is 32.2 Å². The molecule has 1 aromatic heterocycles. The second kappa shape index (κ2) is 4.73. The summed E-state index contributed by atoms with van der Waals surface area (Å²) >= 11 is 0. The van der Waals surface area contributed by atoms with Gasteiger partial charge in [-0.25, -0.2) is 0 Å². The van der Waals surface area contributed by atoms with Gasteiger partial charge in [0.2, 0.25) is 0 Å². The molecule has 0 saturated heterocycles. The molecule has 3 nitrogen and oxygen atoms in total. The highest BCUT2D eigenvalue weighted by atomic mass is 15.2. The molecule has 1 aliphatic rings. The van der Waals surface area contributed by atoms with Crippen molar-refractivity contribution in [2.24, 2.45) is 17.7 Å². The van der Waals surface area contributed by atoms with Crippen molar-refractivity contribution in [3.05, 3.63) is 30.1 Å². The van der Waals surface area contributed by atoms with Crippen LogP contribution in [0, 0.1) is 11.8 Å². The second-order valence-electron chi connectivity index (χ2n) is 4.53. The van der Waals surface area contributed by atoms with Gasteiger partial charge in [-0.1, -0.05) is 6.92 Å². The highest BCUT2D eigenvalue weighted by molar-refractivity contribution is 5.12. The lowest BCUT2D eigenvalue weighted by Crippen LogP contribution is -2.42. The van der Waals surface area contributed by atoms with E-state index in [4.69, 9.17) is 5.84 Å². The van der Waals surface area contributed by atoms with Gasteiger partial charge in [-0.2, -0.15) is 0 Å². The van der Waals surface area contributed by atoms with Crippen LogP contribution < -0.4 is 11.3 Å². The molecule has 0 radical (unpaired) electrons. The molecular weight excluding hydrogens is 186 g/mol. The Kier molecular flexibility index (Phi) is 3.34. The van der Waals surface area contributed by atoms with Crippen molar-refractivity contribution < 1.29 is 0 Å². The molecule has 2 rings (SSSR count). The van der Waals surface area contributed by atoms with Crippen LogP contribution in [0.15, 0.2) is 24.5 Å².